The summed E-state index contributed by atoms with van der Waals surface area (Å²) in [6.07, 6.45) is -0.235. The van der Waals surface area contributed by atoms with Gasteiger partial charge in [0, 0.05) is 6.54 Å². The summed E-state index contributed by atoms with van der Waals surface area (Å²) in [5.41, 5.74) is 0.653. The first-order valence-corrected chi connectivity index (χ1v) is 8.15. The Balaban J connectivity index is 1.63. The maximum absolute atomic E-state index is 13.5. The highest BCUT2D eigenvalue weighted by Crippen LogP contribution is 2.33. The third-order valence-corrected chi connectivity index (χ3v) is 4.24. The minimum Gasteiger partial charge on any atom is -0.490 e. The summed E-state index contributed by atoms with van der Waals surface area (Å²) < 4.78 is 32.3. The second-order valence-corrected chi connectivity index (χ2v) is 6.04. The van der Waals surface area contributed by atoms with Gasteiger partial charge in [0.1, 0.15) is 5.82 Å². The molecule has 1 aliphatic heterocycles. The number of likely N-dealkylation sites (tertiary alicyclic amines) is 1. The van der Waals surface area contributed by atoms with E-state index in [4.69, 9.17) is 4.74 Å². The van der Waals surface area contributed by atoms with Gasteiger partial charge < -0.3 is 14.7 Å². The number of hydrogen-bond donors (Lipinski definition) is 1. The molecule has 25 heavy (non-hydrogen) atoms. The normalized spacial score (nSPS) is 19.9. The first-order chi connectivity index (χ1) is 12.0. The number of ether oxygens (including phenoxy) is 1. The van der Waals surface area contributed by atoms with Gasteiger partial charge in [0.2, 0.25) is 5.91 Å². The number of carbonyl (C=O) groups is 1. The molecule has 2 aromatic rings. The zero-order valence-electron chi connectivity index (χ0n) is 13.6. The lowest BCUT2D eigenvalue weighted by atomic mass is 10.0. The van der Waals surface area contributed by atoms with Gasteiger partial charge in [-0.2, -0.15) is 0 Å². The first-order valence-electron chi connectivity index (χ1n) is 8.15. The average Bonchev–Trinajstić information content (AvgIpc) is 2.98. The van der Waals surface area contributed by atoms with Crippen LogP contribution in [0.1, 0.15) is 24.4 Å². The fourth-order valence-electron chi connectivity index (χ4n) is 3.07. The number of rotatable bonds is 5. The van der Waals surface area contributed by atoms with Crippen LogP contribution in [0.4, 0.5) is 8.78 Å². The Kier molecular flexibility index (Phi) is 5.28. The fraction of sp³-hybridized carbons (Fsp3) is 0.316. The molecule has 1 heterocycles. The fourth-order valence-corrected chi connectivity index (χ4v) is 3.07. The first kappa shape index (κ1) is 17.4. The number of nitrogens with zero attached hydrogens (tertiary/aromatic N) is 1. The van der Waals surface area contributed by atoms with Crippen molar-refractivity contribution in [2.75, 3.05) is 13.2 Å². The molecule has 0 spiro atoms. The van der Waals surface area contributed by atoms with Gasteiger partial charge >= 0.3 is 0 Å². The molecule has 1 fully saturated rings. The summed E-state index contributed by atoms with van der Waals surface area (Å²) in [5.74, 6) is -0.987. The minimum absolute atomic E-state index is 0.0300. The molecule has 1 aliphatic rings. The van der Waals surface area contributed by atoms with Crippen LogP contribution in [0.15, 0.2) is 48.5 Å². The molecule has 1 N–H and O–H groups in total. The minimum atomic E-state index is -0.648. The van der Waals surface area contributed by atoms with Crippen LogP contribution < -0.4 is 4.74 Å². The van der Waals surface area contributed by atoms with Crippen LogP contribution in [0.2, 0.25) is 0 Å². The van der Waals surface area contributed by atoms with Crippen LogP contribution in [-0.2, 0) is 4.79 Å². The SMILES string of the molecule is O=C(CCOc1ccccc1F)N1C[C@@H](O)C[C@@H]1c1cccc(F)c1. The van der Waals surface area contributed by atoms with Gasteiger partial charge in [-0.1, -0.05) is 24.3 Å². The predicted octanol–water partition coefficient (Wildman–Crippen LogP) is 3.07. The molecule has 0 bridgehead atoms. The summed E-state index contributed by atoms with van der Waals surface area (Å²) in [5, 5.41) is 9.92. The Bertz CT molecular complexity index is 753. The van der Waals surface area contributed by atoms with E-state index in [-0.39, 0.29) is 43.1 Å². The van der Waals surface area contributed by atoms with E-state index in [1.54, 1.807) is 24.3 Å². The highest BCUT2D eigenvalue weighted by atomic mass is 19.1. The second-order valence-electron chi connectivity index (χ2n) is 6.04. The Hall–Kier alpha value is -2.47. The Morgan fingerprint density at radius 1 is 1.20 bits per heavy atom. The van der Waals surface area contributed by atoms with Gasteiger partial charge in [-0.15, -0.1) is 0 Å². The number of hydrogen-bond acceptors (Lipinski definition) is 3. The van der Waals surface area contributed by atoms with E-state index in [0.29, 0.717) is 12.0 Å². The van der Waals surface area contributed by atoms with Crippen molar-refractivity contribution in [2.45, 2.75) is 25.0 Å². The molecular weight excluding hydrogens is 328 g/mol. The molecule has 3 rings (SSSR count). The molecule has 0 saturated carbocycles. The highest BCUT2D eigenvalue weighted by molar-refractivity contribution is 5.77. The monoisotopic (exact) mass is 347 g/mol. The Morgan fingerprint density at radius 3 is 2.76 bits per heavy atom. The molecule has 6 heteroatoms. The van der Waals surface area contributed by atoms with Crippen LogP contribution in [0.25, 0.3) is 0 Å². The maximum Gasteiger partial charge on any atom is 0.226 e. The molecule has 0 unspecified atom stereocenters. The summed E-state index contributed by atoms with van der Waals surface area (Å²) >= 11 is 0. The van der Waals surface area contributed by atoms with Gasteiger partial charge in [-0.25, -0.2) is 8.78 Å². The van der Waals surface area contributed by atoms with Crippen LogP contribution >= 0.6 is 0 Å². The van der Waals surface area contributed by atoms with Crippen LogP contribution in [0.5, 0.6) is 5.75 Å². The maximum atomic E-state index is 13.5. The quantitative estimate of drug-likeness (QED) is 0.904. The van der Waals surface area contributed by atoms with Gasteiger partial charge in [0.25, 0.3) is 0 Å². The van der Waals surface area contributed by atoms with E-state index < -0.39 is 11.9 Å². The third-order valence-electron chi connectivity index (χ3n) is 4.24. The van der Waals surface area contributed by atoms with Crippen molar-refractivity contribution in [2.24, 2.45) is 0 Å². The van der Waals surface area contributed by atoms with Crippen LogP contribution in [0, 0.1) is 11.6 Å². The van der Waals surface area contributed by atoms with Gasteiger partial charge in [-0.3, -0.25) is 4.79 Å². The summed E-state index contributed by atoms with van der Waals surface area (Å²) in [6, 6.07) is 11.7. The largest absolute Gasteiger partial charge is 0.490 e. The summed E-state index contributed by atoms with van der Waals surface area (Å²) in [4.78, 5) is 14.0. The molecule has 4 nitrogen and oxygen atoms in total. The second kappa shape index (κ2) is 7.61. The molecule has 0 radical (unpaired) electrons. The smallest absolute Gasteiger partial charge is 0.226 e. The molecule has 1 saturated heterocycles. The van der Waals surface area contributed by atoms with Crippen molar-refractivity contribution in [3.05, 3.63) is 65.7 Å². The Morgan fingerprint density at radius 2 is 2.00 bits per heavy atom. The van der Waals surface area contributed by atoms with Gasteiger partial charge in [-0.05, 0) is 36.2 Å². The number of aliphatic hydroxyl groups excluding tert-OH is 1. The highest BCUT2D eigenvalue weighted by Gasteiger charge is 2.35. The van der Waals surface area contributed by atoms with Crippen LogP contribution in [-0.4, -0.2) is 35.2 Å². The van der Waals surface area contributed by atoms with Crippen molar-refractivity contribution in [1.29, 1.82) is 0 Å². The number of benzene rings is 2. The molecule has 2 atom stereocenters. The Labute approximate surface area is 144 Å². The van der Waals surface area contributed by atoms with Crippen molar-refractivity contribution in [3.8, 4) is 5.75 Å². The summed E-state index contributed by atoms with van der Waals surface area (Å²) in [7, 11) is 0. The molecule has 132 valence electrons. The van der Waals surface area contributed by atoms with Gasteiger partial charge in [0.05, 0.1) is 25.2 Å². The predicted molar refractivity (Wildman–Crippen MR) is 88.0 cm³/mol. The number of β-amino-alcohol motifs (C(OH)–C–C–N with tert-alkyl or cyclic N) is 1. The third kappa shape index (κ3) is 4.14. The number of carbonyl (C=O) groups excluding carboxylic acids is 1. The lowest BCUT2D eigenvalue weighted by Crippen LogP contribution is -2.32. The standard InChI is InChI=1S/C19H19F2NO3/c20-14-5-3-4-13(10-14)17-11-15(23)12-22(17)19(24)8-9-25-18-7-2-1-6-16(18)21/h1-7,10,15,17,23H,8-9,11-12H2/t15-,17+/m0/s1. The van der Waals surface area contributed by atoms with Crippen molar-refractivity contribution < 1.29 is 23.4 Å². The zero-order chi connectivity index (χ0) is 17.8. The van der Waals surface area contributed by atoms with E-state index in [1.807, 2.05) is 0 Å². The van der Waals surface area contributed by atoms with Crippen LogP contribution in [0.3, 0.4) is 0 Å². The van der Waals surface area contributed by atoms with Crippen molar-refractivity contribution >= 4 is 5.91 Å². The van der Waals surface area contributed by atoms with E-state index in [1.165, 1.54) is 29.2 Å². The molecule has 0 aromatic heterocycles. The van der Waals surface area contributed by atoms with Crippen molar-refractivity contribution in [3.63, 3.8) is 0 Å². The summed E-state index contributed by atoms with van der Waals surface area (Å²) in [6.45, 7) is 0.224. The lowest BCUT2D eigenvalue weighted by Gasteiger charge is -2.25. The number of para-hydroxylation sites is 1. The lowest BCUT2D eigenvalue weighted by molar-refractivity contribution is -0.133. The average molecular weight is 347 g/mol. The molecule has 1 amide bonds. The molecule has 0 aliphatic carbocycles. The number of halogens is 2. The topological polar surface area (TPSA) is 49.8 Å². The zero-order valence-corrected chi connectivity index (χ0v) is 13.6. The molecular formula is C19H19F2NO3. The molecule has 2 aromatic carbocycles. The van der Waals surface area contributed by atoms with E-state index in [9.17, 15) is 18.7 Å². The number of aliphatic hydroxyl groups is 1. The van der Waals surface area contributed by atoms with E-state index in [0.717, 1.165) is 0 Å². The van der Waals surface area contributed by atoms with E-state index in [2.05, 4.69) is 0 Å². The van der Waals surface area contributed by atoms with Gasteiger partial charge in [0.15, 0.2) is 11.6 Å². The van der Waals surface area contributed by atoms with Crippen molar-refractivity contribution in [1.82, 2.24) is 4.90 Å². The number of amides is 1. The van der Waals surface area contributed by atoms with E-state index >= 15 is 0 Å².